The maximum Gasteiger partial charge on any atom is 0.172 e. The third kappa shape index (κ3) is 2.13. The van der Waals surface area contributed by atoms with E-state index in [1.165, 1.54) is 0 Å². The third-order valence-corrected chi connectivity index (χ3v) is 1.13. The fourth-order valence-electron chi connectivity index (χ4n) is 0.735. The van der Waals surface area contributed by atoms with Gasteiger partial charge in [-0.25, -0.2) is 0 Å². The highest BCUT2D eigenvalue weighted by Gasteiger charge is 2.35. The molecule has 0 atom stereocenters. The van der Waals surface area contributed by atoms with Crippen LogP contribution in [0.25, 0.3) is 0 Å². The molecule has 0 aliphatic carbocycles. The summed E-state index contributed by atoms with van der Waals surface area (Å²) in [6.45, 7) is -7.86. The molecule has 0 bridgehead atoms. The maximum absolute atomic E-state index is 9.23. The van der Waals surface area contributed by atoms with Crippen LogP contribution in [0.4, 0.5) is 0 Å². The highest BCUT2D eigenvalue weighted by atomic mass is 16.7. The zero-order valence-corrected chi connectivity index (χ0v) is 5.63. The first kappa shape index (κ1) is 2.96. The number of ether oxygens (including phenoxy) is 2. The highest BCUT2D eigenvalue weighted by molar-refractivity contribution is 4.73. The van der Waals surface area contributed by atoms with Crippen LogP contribution in [0.3, 0.4) is 0 Å². The first-order chi connectivity index (χ1) is 8.21. The van der Waals surface area contributed by atoms with Crippen molar-refractivity contribution in [1.82, 2.24) is 0 Å². The largest absolute Gasteiger partial charge is 0.396 e. The van der Waals surface area contributed by atoms with Gasteiger partial charge in [0.25, 0.3) is 0 Å². The second-order valence-corrected chi connectivity index (χ2v) is 1.79. The van der Waals surface area contributed by atoms with Crippen LogP contribution in [-0.4, -0.2) is 42.3 Å². The molecule has 1 saturated heterocycles. The standard InChI is InChI=1S/C7H14O4/c8-3-1-7(2-4-9)10-5-6-11-7/h8-9H,1-6H2/i1D2,2D2,3D2,4D2. The Morgan fingerprint density at radius 3 is 2.00 bits per heavy atom. The summed E-state index contributed by atoms with van der Waals surface area (Å²) in [4.78, 5) is 0. The average Bonchev–Trinajstić information content (AvgIpc) is 2.63. The van der Waals surface area contributed by atoms with Crippen LogP contribution in [0.2, 0.25) is 0 Å². The number of rotatable bonds is 4. The molecular formula is C7H14O4. The van der Waals surface area contributed by atoms with Crippen LogP contribution in [-0.2, 0) is 9.47 Å². The highest BCUT2D eigenvalue weighted by Crippen LogP contribution is 2.26. The van der Waals surface area contributed by atoms with Gasteiger partial charge < -0.3 is 19.7 Å². The van der Waals surface area contributed by atoms with Crippen molar-refractivity contribution in [2.75, 3.05) is 26.3 Å². The molecule has 66 valence electrons. The SMILES string of the molecule is [2H]C([2H])(O)C([2H])([2H])C1(C([2H])([2H])C([2H])([2H])O)OCCO1. The van der Waals surface area contributed by atoms with E-state index in [1.807, 2.05) is 0 Å². The topological polar surface area (TPSA) is 58.9 Å². The molecule has 0 amide bonds. The Morgan fingerprint density at radius 1 is 1.18 bits per heavy atom. The van der Waals surface area contributed by atoms with Crippen molar-refractivity contribution in [3.8, 4) is 0 Å². The Hall–Kier alpha value is -0.160. The molecule has 1 aliphatic heterocycles. The van der Waals surface area contributed by atoms with Crippen LogP contribution in [0.1, 0.15) is 23.7 Å². The predicted molar refractivity (Wildman–Crippen MR) is 38.0 cm³/mol. The Kier molecular flexibility index (Phi) is 1.08. The summed E-state index contributed by atoms with van der Waals surface area (Å²) in [5, 5.41) is 18.5. The van der Waals surface area contributed by atoms with Gasteiger partial charge in [0.1, 0.15) is 0 Å². The Balaban J connectivity index is 3.43. The molecule has 2 N–H and O–H groups in total. The van der Waals surface area contributed by atoms with E-state index in [1.54, 1.807) is 0 Å². The van der Waals surface area contributed by atoms with Gasteiger partial charge in [0.2, 0.25) is 0 Å². The minimum atomic E-state index is -3.59. The fourth-order valence-corrected chi connectivity index (χ4v) is 0.735. The number of hydrogen-bond acceptors (Lipinski definition) is 4. The lowest BCUT2D eigenvalue weighted by atomic mass is 10.1. The molecule has 0 unspecified atom stereocenters. The predicted octanol–water partition coefficient (Wildman–Crippen LogP) is -0.506. The van der Waals surface area contributed by atoms with Gasteiger partial charge in [0.15, 0.2) is 5.79 Å². The second-order valence-electron chi connectivity index (χ2n) is 1.79. The van der Waals surface area contributed by atoms with Gasteiger partial charge in [0.05, 0.1) is 18.7 Å². The normalized spacial score (nSPS) is 38.4. The van der Waals surface area contributed by atoms with Crippen LogP contribution in [0, 0.1) is 0 Å². The van der Waals surface area contributed by atoms with Crippen molar-refractivity contribution in [2.24, 2.45) is 0 Å². The summed E-state index contributed by atoms with van der Waals surface area (Å²) in [6, 6.07) is 0. The van der Waals surface area contributed by atoms with Crippen molar-refractivity contribution in [1.29, 1.82) is 0 Å². The fraction of sp³-hybridized carbons (Fsp3) is 1.00. The molecule has 0 radical (unpaired) electrons. The lowest BCUT2D eigenvalue weighted by Gasteiger charge is -2.25. The van der Waals surface area contributed by atoms with Gasteiger partial charge in [-0.2, -0.15) is 0 Å². The summed E-state index contributed by atoms with van der Waals surface area (Å²) in [5.41, 5.74) is 0. The smallest absolute Gasteiger partial charge is 0.172 e. The molecule has 0 aromatic carbocycles. The number of hydrogen-bond donors (Lipinski definition) is 2. The summed E-state index contributed by atoms with van der Waals surface area (Å²) >= 11 is 0. The van der Waals surface area contributed by atoms with E-state index < -0.39 is 31.7 Å². The van der Waals surface area contributed by atoms with Gasteiger partial charge in [0, 0.05) is 31.3 Å². The lowest BCUT2D eigenvalue weighted by Crippen LogP contribution is -2.32. The maximum atomic E-state index is 9.23. The van der Waals surface area contributed by atoms with Gasteiger partial charge in [-0.1, -0.05) is 0 Å². The first-order valence-electron chi connectivity index (χ1n) is 6.93. The monoisotopic (exact) mass is 170 g/mol. The van der Waals surface area contributed by atoms with E-state index >= 15 is 0 Å². The van der Waals surface area contributed by atoms with Crippen LogP contribution < -0.4 is 0 Å². The molecule has 0 aromatic heterocycles. The van der Waals surface area contributed by atoms with E-state index in [0.717, 1.165) is 0 Å². The van der Waals surface area contributed by atoms with E-state index in [4.69, 9.17) is 20.4 Å². The Bertz CT molecular complexity index is 312. The minimum absolute atomic E-state index is 0.342. The van der Waals surface area contributed by atoms with Gasteiger partial charge in [-0.3, -0.25) is 0 Å². The van der Waals surface area contributed by atoms with Gasteiger partial charge >= 0.3 is 0 Å². The molecule has 1 heterocycles. The van der Waals surface area contributed by atoms with Crippen LogP contribution >= 0.6 is 0 Å². The van der Waals surface area contributed by atoms with Gasteiger partial charge in [-0.05, 0) is 0 Å². The lowest BCUT2D eigenvalue weighted by molar-refractivity contribution is -0.176. The number of aliphatic hydroxyl groups is 2. The van der Waals surface area contributed by atoms with Crippen molar-refractivity contribution < 1.29 is 30.7 Å². The molecule has 1 fully saturated rings. The van der Waals surface area contributed by atoms with E-state index in [-0.39, 0.29) is 13.2 Å². The second kappa shape index (κ2) is 4.01. The van der Waals surface area contributed by atoms with Crippen LogP contribution in [0.5, 0.6) is 0 Å². The van der Waals surface area contributed by atoms with E-state index in [2.05, 4.69) is 0 Å². The third-order valence-electron chi connectivity index (χ3n) is 1.13. The van der Waals surface area contributed by atoms with Crippen molar-refractivity contribution in [2.45, 2.75) is 18.5 Å². The van der Waals surface area contributed by atoms with E-state index in [0.29, 0.717) is 0 Å². The Labute approximate surface area is 77.0 Å². The molecule has 11 heavy (non-hydrogen) atoms. The quantitative estimate of drug-likeness (QED) is 0.597. The van der Waals surface area contributed by atoms with Crippen molar-refractivity contribution >= 4 is 0 Å². The summed E-state index contributed by atoms with van der Waals surface area (Å²) in [6.07, 6.45) is -6.95. The summed E-state index contributed by atoms with van der Waals surface area (Å²) < 4.78 is 67.7. The average molecular weight is 170 g/mol. The molecule has 0 aromatic rings. The molecule has 4 nitrogen and oxygen atoms in total. The minimum Gasteiger partial charge on any atom is -0.396 e. The van der Waals surface area contributed by atoms with Gasteiger partial charge in [-0.15, -0.1) is 0 Å². The first-order valence-corrected chi connectivity index (χ1v) is 2.93. The molecule has 1 rings (SSSR count). The summed E-state index contributed by atoms with van der Waals surface area (Å²) in [7, 11) is 0. The van der Waals surface area contributed by atoms with E-state index in [9.17, 15) is 10.2 Å². The zero-order valence-electron chi connectivity index (χ0n) is 13.6. The van der Waals surface area contributed by atoms with Crippen LogP contribution in [0.15, 0.2) is 0 Å². The molecule has 0 saturated carbocycles. The molecule has 0 spiro atoms. The van der Waals surface area contributed by atoms with Crippen molar-refractivity contribution in [3.05, 3.63) is 0 Å². The molecule has 1 aliphatic rings. The summed E-state index contributed by atoms with van der Waals surface area (Å²) in [5.74, 6) is -3.13. The zero-order chi connectivity index (χ0) is 15.3. The Morgan fingerprint density at radius 2 is 1.64 bits per heavy atom. The molecular weight excluding hydrogens is 148 g/mol. The van der Waals surface area contributed by atoms with Crippen molar-refractivity contribution in [3.63, 3.8) is 0 Å². The molecule has 4 heteroatoms.